The van der Waals surface area contributed by atoms with Gasteiger partial charge in [-0.1, -0.05) is 34.6 Å². The van der Waals surface area contributed by atoms with Crippen molar-refractivity contribution < 1.29 is 0 Å². The molecule has 1 saturated heterocycles. The van der Waals surface area contributed by atoms with E-state index in [1.165, 1.54) is 18.4 Å². The third kappa shape index (κ3) is 3.64. The van der Waals surface area contributed by atoms with Gasteiger partial charge in [0.15, 0.2) is 0 Å². The van der Waals surface area contributed by atoms with Crippen molar-refractivity contribution >= 4 is 0 Å². The van der Waals surface area contributed by atoms with Gasteiger partial charge < -0.3 is 5.32 Å². The van der Waals surface area contributed by atoms with Gasteiger partial charge in [-0.15, -0.1) is 0 Å². The Morgan fingerprint density at radius 2 is 1.86 bits per heavy atom. The van der Waals surface area contributed by atoms with Gasteiger partial charge in [-0.05, 0) is 36.0 Å². The van der Waals surface area contributed by atoms with Crippen molar-refractivity contribution in [1.29, 1.82) is 0 Å². The van der Waals surface area contributed by atoms with E-state index in [0.29, 0.717) is 11.5 Å². The monoisotopic (exact) mass is 289 g/mol. The molecule has 0 saturated carbocycles. The van der Waals surface area contributed by atoms with Crippen molar-refractivity contribution in [2.45, 2.75) is 65.6 Å². The Labute approximate surface area is 130 Å². The molecule has 3 heteroatoms. The molecule has 1 unspecified atom stereocenters. The third-order valence-electron chi connectivity index (χ3n) is 5.24. The van der Waals surface area contributed by atoms with Crippen molar-refractivity contribution in [3.05, 3.63) is 30.1 Å². The molecule has 2 rings (SSSR count). The number of hydrogen-bond donors (Lipinski definition) is 1. The van der Waals surface area contributed by atoms with Gasteiger partial charge in [0.2, 0.25) is 0 Å². The van der Waals surface area contributed by atoms with E-state index in [9.17, 15) is 0 Å². The standard InChI is InChI=1S/C18H31N3/c1-6-18(7-2)14-20-16(17(3,4)5)13-21(18)12-15-8-10-19-11-9-15/h8-11,16,20H,6-7,12-14H2,1-5H3. The molecule has 1 aromatic heterocycles. The molecule has 1 atom stereocenters. The zero-order valence-corrected chi connectivity index (χ0v) is 14.3. The summed E-state index contributed by atoms with van der Waals surface area (Å²) in [5, 5.41) is 3.81. The van der Waals surface area contributed by atoms with Gasteiger partial charge in [0, 0.05) is 43.6 Å². The van der Waals surface area contributed by atoms with Crippen LogP contribution in [-0.2, 0) is 6.54 Å². The molecule has 21 heavy (non-hydrogen) atoms. The zero-order chi connectivity index (χ0) is 15.5. The highest BCUT2D eigenvalue weighted by Crippen LogP contribution is 2.32. The Bertz CT molecular complexity index is 432. The second kappa shape index (κ2) is 6.45. The summed E-state index contributed by atoms with van der Waals surface area (Å²) in [5.74, 6) is 0. The number of nitrogens with zero attached hydrogens (tertiary/aromatic N) is 2. The van der Waals surface area contributed by atoms with Gasteiger partial charge >= 0.3 is 0 Å². The first kappa shape index (κ1) is 16.4. The summed E-state index contributed by atoms with van der Waals surface area (Å²) >= 11 is 0. The molecular weight excluding hydrogens is 258 g/mol. The summed E-state index contributed by atoms with van der Waals surface area (Å²) in [5.41, 5.74) is 1.95. The summed E-state index contributed by atoms with van der Waals surface area (Å²) < 4.78 is 0. The van der Waals surface area contributed by atoms with Crippen LogP contribution < -0.4 is 5.32 Å². The average Bonchev–Trinajstić information content (AvgIpc) is 2.47. The molecule has 1 fully saturated rings. The molecule has 0 spiro atoms. The van der Waals surface area contributed by atoms with E-state index in [1.807, 2.05) is 12.4 Å². The molecule has 0 radical (unpaired) electrons. The number of aromatic nitrogens is 1. The Morgan fingerprint density at radius 1 is 1.24 bits per heavy atom. The van der Waals surface area contributed by atoms with Crippen LogP contribution in [0.5, 0.6) is 0 Å². The van der Waals surface area contributed by atoms with Crippen LogP contribution in [0.3, 0.4) is 0 Å². The average molecular weight is 289 g/mol. The summed E-state index contributed by atoms with van der Waals surface area (Å²) in [6, 6.07) is 4.83. The lowest BCUT2D eigenvalue weighted by atomic mass is 9.80. The first-order valence-corrected chi connectivity index (χ1v) is 8.28. The fourth-order valence-electron chi connectivity index (χ4n) is 3.37. The van der Waals surface area contributed by atoms with Crippen LogP contribution in [0, 0.1) is 5.41 Å². The molecule has 0 bridgehead atoms. The molecule has 0 aliphatic carbocycles. The number of piperazine rings is 1. The maximum Gasteiger partial charge on any atom is 0.0333 e. The van der Waals surface area contributed by atoms with Crippen LogP contribution in [0.4, 0.5) is 0 Å². The third-order valence-corrected chi connectivity index (χ3v) is 5.24. The van der Waals surface area contributed by atoms with E-state index in [2.05, 4.69) is 62.0 Å². The van der Waals surface area contributed by atoms with E-state index in [1.54, 1.807) is 0 Å². The summed E-state index contributed by atoms with van der Waals surface area (Å²) in [6.07, 6.45) is 6.19. The minimum absolute atomic E-state index is 0.283. The molecule has 1 N–H and O–H groups in total. The van der Waals surface area contributed by atoms with E-state index >= 15 is 0 Å². The highest BCUT2D eigenvalue weighted by atomic mass is 15.3. The molecule has 1 aliphatic rings. The quantitative estimate of drug-likeness (QED) is 0.920. The zero-order valence-electron chi connectivity index (χ0n) is 14.3. The molecule has 3 nitrogen and oxygen atoms in total. The minimum Gasteiger partial charge on any atom is -0.310 e. The van der Waals surface area contributed by atoms with E-state index in [0.717, 1.165) is 19.6 Å². The van der Waals surface area contributed by atoms with E-state index in [-0.39, 0.29) is 5.54 Å². The Hall–Kier alpha value is -0.930. The second-order valence-electron chi connectivity index (χ2n) is 7.47. The summed E-state index contributed by atoms with van der Waals surface area (Å²) in [4.78, 5) is 6.84. The van der Waals surface area contributed by atoms with Gasteiger partial charge in [-0.25, -0.2) is 0 Å². The minimum atomic E-state index is 0.283. The smallest absolute Gasteiger partial charge is 0.0333 e. The first-order valence-electron chi connectivity index (χ1n) is 8.28. The number of pyridine rings is 1. The van der Waals surface area contributed by atoms with Crippen LogP contribution >= 0.6 is 0 Å². The molecule has 0 amide bonds. The predicted octanol–water partition coefficient (Wildman–Crippen LogP) is 3.46. The van der Waals surface area contributed by atoms with Gasteiger partial charge in [0.1, 0.15) is 0 Å². The van der Waals surface area contributed by atoms with Crippen LogP contribution in [0.15, 0.2) is 24.5 Å². The lowest BCUT2D eigenvalue weighted by Crippen LogP contribution is -2.66. The predicted molar refractivity (Wildman–Crippen MR) is 89.2 cm³/mol. The molecule has 1 aliphatic heterocycles. The SMILES string of the molecule is CCC1(CC)CNC(C(C)(C)C)CN1Cc1ccncc1. The molecule has 2 heterocycles. The molecule has 0 aromatic carbocycles. The van der Waals surface area contributed by atoms with Gasteiger partial charge in [-0.3, -0.25) is 9.88 Å². The van der Waals surface area contributed by atoms with E-state index in [4.69, 9.17) is 0 Å². The molecule has 118 valence electrons. The Balaban J connectivity index is 2.21. The summed E-state index contributed by atoms with van der Waals surface area (Å²) in [6.45, 7) is 14.9. The van der Waals surface area contributed by atoms with Crippen molar-refractivity contribution in [2.75, 3.05) is 13.1 Å². The van der Waals surface area contributed by atoms with Crippen molar-refractivity contribution in [3.8, 4) is 0 Å². The summed E-state index contributed by atoms with van der Waals surface area (Å²) in [7, 11) is 0. The number of hydrogen-bond acceptors (Lipinski definition) is 3. The van der Waals surface area contributed by atoms with Gasteiger partial charge in [0.05, 0.1) is 0 Å². The fourth-order valence-corrected chi connectivity index (χ4v) is 3.37. The fraction of sp³-hybridized carbons (Fsp3) is 0.722. The maximum atomic E-state index is 4.14. The van der Waals surface area contributed by atoms with Crippen LogP contribution in [0.2, 0.25) is 0 Å². The van der Waals surface area contributed by atoms with Crippen molar-refractivity contribution in [1.82, 2.24) is 15.2 Å². The van der Waals surface area contributed by atoms with Gasteiger partial charge in [0.25, 0.3) is 0 Å². The Morgan fingerprint density at radius 3 is 2.38 bits per heavy atom. The normalized spacial score (nSPS) is 23.2. The topological polar surface area (TPSA) is 28.2 Å². The van der Waals surface area contributed by atoms with E-state index < -0.39 is 0 Å². The first-order chi connectivity index (χ1) is 9.91. The number of rotatable bonds is 4. The molecule has 1 aromatic rings. The lowest BCUT2D eigenvalue weighted by Gasteiger charge is -2.52. The molecular formula is C18H31N3. The van der Waals surface area contributed by atoms with Crippen molar-refractivity contribution in [3.63, 3.8) is 0 Å². The van der Waals surface area contributed by atoms with Gasteiger partial charge in [-0.2, -0.15) is 0 Å². The van der Waals surface area contributed by atoms with Crippen LogP contribution in [0.25, 0.3) is 0 Å². The highest BCUT2D eigenvalue weighted by Gasteiger charge is 2.41. The maximum absolute atomic E-state index is 4.14. The van der Waals surface area contributed by atoms with Crippen LogP contribution in [0.1, 0.15) is 53.0 Å². The number of nitrogens with one attached hydrogen (secondary N) is 1. The Kier molecular flexibility index (Phi) is 5.05. The lowest BCUT2D eigenvalue weighted by molar-refractivity contribution is 0.00145. The largest absolute Gasteiger partial charge is 0.310 e. The van der Waals surface area contributed by atoms with Crippen molar-refractivity contribution in [2.24, 2.45) is 5.41 Å². The second-order valence-corrected chi connectivity index (χ2v) is 7.47. The highest BCUT2D eigenvalue weighted by molar-refractivity contribution is 5.12. The van der Waals surface area contributed by atoms with Crippen LogP contribution in [-0.4, -0.2) is 34.6 Å².